The fourth-order valence-corrected chi connectivity index (χ4v) is 4.96. The van der Waals surface area contributed by atoms with E-state index in [1.54, 1.807) is 19.1 Å². The van der Waals surface area contributed by atoms with Gasteiger partial charge >= 0.3 is 0 Å². The normalized spacial score (nSPS) is 17.1. The van der Waals surface area contributed by atoms with Crippen molar-refractivity contribution in [3.63, 3.8) is 0 Å². The van der Waals surface area contributed by atoms with Crippen LogP contribution in [0.2, 0.25) is 0 Å². The van der Waals surface area contributed by atoms with Crippen LogP contribution in [0.1, 0.15) is 53.7 Å². The van der Waals surface area contributed by atoms with E-state index in [1.165, 1.54) is 36.4 Å². The van der Waals surface area contributed by atoms with Crippen molar-refractivity contribution in [1.29, 1.82) is 0 Å². The number of ether oxygens (including phenoxy) is 1. The summed E-state index contributed by atoms with van der Waals surface area (Å²) < 4.78 is 61.5. The topological polar surface area (TPSA) is 58.6 Å². The Balaban J connectivity index is 1.56. The highest BCUT2D eigenvalue weighted by Gasteiger charge is 2.29. The summed E-state index contributed by atoms with van der Waals surface area (Å²) in [6.07, 6.45) is 3.34. The van der Waals surface area contributed by atoms with Gasteiger partial charge in [-0.05, 0) is 104 Å². The summed E-state index contributed by atoms with van der Waals surface area (Å²) in [4.78, 5) is 28.7. The summed E-state index contributed by atoms with van der Waals surface area (Å²) in [6, 6.07) is 11.2. The van der Waals surface area contributed by atoms with E-state index in [1.807, 2.05) is 13.8 Å². The smallest absolute Gasteiger partial charge is 0.251 e. The number of benzene rings is 3. The number of rotatable bonds is 10. The molecule has 0 saturated heterocycles. The summed E-state index contributed by atoms with van der Waals surface area (Å²) in [6.45, 7) is 8.32. The highest BCUT2D eigenvalue weighted by atomic mass is 19.2. The maximum absolute atomic E-state index is 14.8. The van der Waals surface area contributed by atoms with Crippen LogP contribution in [0.15, 0.2) is 65.7 Å². The fraction of sp³-hybridized carbons (Fsp3) is 0.294. The maximum Gasteiger partial charge on any atom is 0.251 e. The number of nitrogens with zero attached hydrogens (tertiary/aromatic N) is 1. The molecule has 43 heavy (non-hydrogen) atoms. The van der Waals surface area contributed by atoms with Crippen LogP contribution in [0.3, 0.4) is 0 Å². The molecule has 0 aromatic heterocycles. The molecule has 0 radical (unpaired) electrons. The lowest BCUT2D eigenvalue weighted by molar-refractivity contribution is -0.113. The molecular weight excluding hydrogens is 560 g/mol. The highest BCUT2D eigenvalue weighted by molar-refractivity contribution is 6.14. The summed E-state index contributed by atoms with van der Waals surface area (Å²) in [5.74, 6) is -3.94. The van der Waals surface area contributed by atoms with E-state index in [0.29, 0.717) is 29.9 Å². The van der Waals surface area contributed by atoms with Gasteiger partial charge in [-0.15, -0.1) is 0 Å². The van der Waals surface area contributed by atoms with Crippen molar-refractivity contribution in [2.75, 3.05) is 26.2 Å². The lowest BCUT2D eigenvalue weighted by Crippen LogP contribution is -2.39. The zero-order valence-corrected chi connectivity index (χ0v) is 24.4. The van der Waals surface area contributed by atoms with Gasteiger partial charge < -0.3 is 15.0 Å². The van der Waals surface area contributed by atoms with Crippen LogP contribution in [0.5, 0.6) is 5.75 Å². The van der Waals surface area contributed by atoms with E-state index < -0.39 is 29.4 Å². The van der Waals surface area contributed by atoms with E-state index >= 15 is 0 Å². The van der Waals surface area contributed by atoms with Gasteiger partial charge in [0.15, 0.2) is 29.0 Å². The van der Waals surface area contributed by atoms with E-state index in [0.717, 1.165) is 31.3 Å². The predicted molar refractivity (Wildman–Crippen MR) is 159 cm³/mol. The molecule has 1 saturated carbocycles. The van der Waals surface area contributed by atoms with Gasteiger partial charge in [-0.2, -0.15) is 0 Å². The number of amides is 1. The number of carbonyl (C=O) groups is 2. The third-order valence-corrected chi connectivity index (χ3v) is 7.41. The summed E-state index contributed by atoms with van der Waals surface area (Å²) in [5, 5.41) is 2.87. The van der Waals surface area contributed by atoms with E-state index in [-0.39, 0.29) is 46.9 Å². The van der Waals surface area contributed by atoms with Crippen molar-refractivity contribution in [2.45, 2.75) is 39.7 Å². The minimum absolute atomic E-state index is 0.0449. The van der Waals surface area contributed by atoms with Crippen LogP contribution in [0.4, 0.5) is 17.6 Å². The van der Waals surface area contributed by atoms with Crippen LogP contribution >= 0.6 is 0 Å². The Morgan fingerprint density at radius 2 is 1.49 bits per heavy atom. The number of nitrogens with one attached hydrogen (secondary N) is 1. The van der Waals surface area contributed by atoms with Gasteiger partial charge in [-0.25, -0.2) is 17.6 Å². The quantitative estimate of drug-likeness (QED) is 0.205. The molecular formula is C34H34F4N2O3. The molecule has 1 amide bonds. The van der Waals surface area contributed by atoms with Gasteiger partial charge in [-0.3, -0.25) is 9.59 Å². The molecule has 4 rings (SSSR count). The Morgan fingerprint density at radius 1 is 0.860 bits per heavy atom. The molecule has 3 aromatic rings. The molecule has 1 unspecified atom stereocenters. The average Bonchev–Trinajstić information content (AvgIpc) is 2.98. The van der Waals surface area contributed by atoms with Crippen LogP contribution < -0.4 is 10.1 Å². The molecule has 1 aliphatic rings. The number of hydrogen-bond acceptors (Lipinski definition) is 4. The van der Waals surface area contributed by atoms with Crippen molar-refractivity contribution in [2.24, 2.45) is 0 Å². The summed E-state index contributed by atoms with van der Waals surface area (Å²) in [7, 11) is 0. The first-order valence-corrected chi connectivity index (χ1v) is 14.2. The predicted octanol–water partition coefficient (Wildman–Crippen LogP) is 6.90. The number of ketones is 1. The second-order valence-electron chi connectivity index (χ2n) is 10.4. The highest BCUT2D eigenvalue weighted by Crippen LogP contribution is 2.30. The lowest BCUT2D eigenvalue weighted by atomic mass is 9.83. The Hall–Kier alpha value is -4.24. The Bertz CT molecular complexity index is 1490. The summed E-state index contributed by atoms with van der Waals surface area (Å²) >= 11 is 0. The van der Waals surface area contributed by atoms with Gasteiger partial charge in [0.1, 0.15) is 12.4 Å². The van der Waals surface area contributed by atoms with Gasteiger partial charge in [0.2, 0.25) is 0 Å². The molecule has 1 atom stereocenters. The minimum atomic E-state index is -1.05. The van der Waals surface area contributed by atoms with Crippen molar-refractivity contribution < 1.29 is 31.9 Å². The van der Waals surface area contributed by atoms with Gasteiger partial charge in [0.25, 0.3) is 5.91 Å². The molecule has 1 fully saturated rings. The second-order valence-corrected chi connectivity index (χ2v) is 10.4. The molecule has 9 heteroatoms. The molecule has 1 aliphatic carbocycles. The number of halogens is 4. The fourth-order valence-electron chi connectivity index (χ4n) is 4.96. The SMILES string of the molecule is CCN(CC)CCOc1ccc(C(=O)NC2C/C(=C\c3ccc(F)c(C)c3)C(=O)/C(=C/c3ccc(F)c(F)c3)C2)cc1F. The molecule has 3 aromatic carbocycles. The van der Waals surface area contributed by atoms with Crippen LogP contribution in [-0.2, 0) is 4.79 Å². The number of likely N-dealkylation sites (N-methyl/N-ethyl adjacent to an activating group) is 1. The maximum atomic E-state index is 14.8. The van der Waals surface area contributed by atoms with Crippen molar-refractivity contribution in [1.82, 2.24) is 10.2 Å². The van der Waals surface area contributed by atoms with Crippen LogP contribution in [0, 0.1) is 30.2 Å². The van der Waals surface area contributed by atoms with Crippen molar-refractivity contribution in [3.05, 3.63) is 111 Å². The van der Waals surface area contributed by atoms with Crippen LogP contribution in [0.25, 0.3) is 12.2 Å². The Kier molecular flexibility index (Phi) is 10.5. The third kappa shape index (κ3) is 8.20. The molecule has 0 bridgehead atoms. The van der Waals surface area contributed by atoms with E-state index in [2.05, 4.69) is 10.2 Å². The average molecular weight is 595 g/mol. The monoisotopic (exact) mass is 594 g/mol. The van der Waals surface area contributed by atoms with Crippen molar-refractivity contribution >= 4 is 23.8 Å². The lowest BCUT2D eigenvalue weighted by Gasteiger charge is -2.27. The first-order valence-electron chi connectivity index (χ1n) is 14.2. The van der Waals surface area contributed by atoms with E-state index in [9.17, 15) is 27.2 Å². The van der Waals surface area contributed by atoms with Crippen LogP contribution in [-0.4, -0.2) is 48.9 Å². The zero-order chi connectivity index (χ0) is 31.1. The molecule has 226 valence electrons. The first kappa shape index (κ1) is 31.7. The Morgan fingerprint density at radius 3 is 2.07 bits per heavy atom. The third-order valence-electron chi connectivity index (χ3n) is 7.41. The molecule has 5 nitrogen and oxygen atoms in total. The van der Waals surface area contributed by atoms with Gasteiger partial charge in [0, 0.05) is 29.3 Å². The molecule has 0 aliphatic heterocycles. The molecule has 0 heterocycles. The standard InChI is InChI=1S/C34H34F4N2O3/c1-4-40(5-2)12-13-43-32-11-8-24(20-31(32)38)34(42)39-27-18-25(15-22-6-9-28(35)21(3)14-22)33(41)26(19-27)16-23-7-10-29(36)30(37)17-23/h6-11,14-17,20,27H,4-5,12-13,18-19H2,1-3H3,(H,39,42)/b25-15+,26-16+. The number of hydrogen-bond donors (Lipinski definition) is 1. The zero-order valence-electron chi connectivity index (χ0n) is 24.4. The molecule has 0 spiro atoms. The Labute approximate surface area is 248 Å². The number of Topliss-reactive ketones (excluding diaryl/α,β-unsaturated/α-hetero) is 1. The number of carbonyl (C=O) groups excluding carboxylic acids is 2. The van der Waals surface area contributed by atoms with E-state index in [4.69, 9.17) is 4.74 Å². The number of aryl methyl sites for hydroxylation is 1. The van der Waals surface area contributed by atoms with Crippen molar-refractivity contribution in [3.8, 4) is 5.75 Å². The van der Waals surface area contributed by atoms with Gasteiger partial charge in [0.05, 0.1) is 0 Å². The second kappa shape index (κ2) is 14.3. The summed E-state index contributed by atoms with van der Waals surface area (Å²) in [5.41, 5.74) is 1.99. The molecule has 1 N–H and O–H groups in total. The largest absolute Gasteiger partial charge is 0.489 e. The first-order chi connectivity index (χ1) is 20.6. The van der Waals surface area contributed by atoms with Gasteiger partial charge in [-0.1, -0.05) is 26.0 Å². The minimum Gasteiger partial charge on any atom is -0.489 e.